The number of halogens is 2. The second kappa shape index (κ2) is 7.48. The number of aromatic nitrogens is 4. The number of para-hydroxylation sites is 1. The number of hydrogen-bond acceptors (Lipinski definition) is 5. The molecule has 2 aromatic carbocycles. The highest BCUT2D eigenvalue weighted by Gasteiger charge is 2.16. The fraction of sp³-hybridized carbons (Fsp3) is 0.100. The third-order valence-corrected chi connectivity index (χ3v) is 4.69. The van der Waals surface area contributed by atoms with Crippen molar-refractivity contribution in [1.29, 1.82) is 0 Å². The third-order valence-electron chi connectivity index (χ3n) is 4.38. The molecule has 0 aliphatic rings. The van der Waals surface area contributed by atoms with E-state index in [0.717, 1.165) is 4.57 Å². The van der Waals surface area contributed by atoms with Gasteiger partial charge in [0.1, 0.15) is 12.4 Å². The average molecular weight is 413 g/mol. The normalized spacial score (nSPS) is 11.1. The van der Waals surface area contributed by atoms with Gasteiger partial charge in [0.05, 0.1) is 15.9 Å². The van der Waals surface area contributed by atoms with Crippen LogP contribution in [0, 0.1) is 5.82 Å². The molecule has 0 saturated carbocycles. The highest BCUT2D eigenvalue weighted by Crippen LogP contribution is 2.22. The van der Waals surface area contributed by atoms with E-state index < -0.39 is 17.1 Å². The van der Waals surface area contributed by atoms with E-state index >= 15 is 0 Å². The van der Waals surface area contributed by atoms with E-state index in [4.69, 9.17) is 16.1 Å². The molecule has 9 heteroatoms. The van der Waals surface area contributed by atoms with Gasteiger partial charge in [-0.2, -0.15) is 4.98 Å². The minimum atomic E-state index is -0.603. The summed E-state index contributed by atoms with van der Waals surface area (Å²) in [5, 5.41) is 4.21. The SMILES string of the molecule is C=CCn1c(=O)c2ccccc2n(Cc2nc(-c3ccc(Cl)c(F)c3)no2)c1=O. The van der Waals surface area contributed by atoms with Crippen molar-refractivity contribution in [2.24, 2.45) is 0 Å². The van der Waals surface area contributed by atoms with E-state index in [1.54, 1.807) is 30.3 Å². The number of allylic oxidation sites excluding steroid dienone is 1. The predicted molar refractivity (Wildman–Crippen MR) is 106 cm³/mol. The summed E-state index contributed by atoms with van der Waals surface area (Å²) in [6.45, 7) is 3.61. The Labute approximate surface area is 168 Å². The lowest BCUT2D eigenvalue weighted by Gasteiger charge is -2.11. The molecule has 7 nitrogen and oxygen atoms in total. The lowest BCUT2D eigenvalue weighted by molar-refractivity contribution is 0.369. The minimum absolute atomic E-state index is 0.0139. The molecule has 0 atom stereocenters. The Kier molecular flexibility index (Phi) is 4.85. The predicted octanol–water partition coefficient (Wildman–Crippen LogP) is 3.24. The zero-order chi connectivity index (χ0) is 20.5. The average Bonchev–Trinajstić information content (AvgIpc) is 3.19. The Balaban J connectivity index is 1.80. The van der Waals surface area contributed by atoms with Crippen LogP contribution in [0.5, 0.6) is 0 Å². The monoisotopic (exact) mass is 412 g/mol. The van der Waals surface area contributed by atoms with E-state index in [1.807, 2.05) is 0 Å². The first-order valence-electron chi connectivity index (χ1n) is 8.61. The van der Waals surface area contributed by atoms with Gasteiger partial charge in [0.2, 0.25) is 11.7 Å². The highest BCUT2D eigenvalue weighted by atomic mass is 35.5. The summed E-state index contributed by atoms with van der Waals surface area (Å²) in [5.41, 5.74) is -0.0914. The maximum Gasteiger partial charge on any atom is 0.332 e. The smallest absolute Gasteiger partial charge is 0.332 e. The molecule has 2 heterocycles. The standard InChI is InChI=1S/C20H14ClFN4O3/c1-2-9-25-19(27)13-5-3-4-6-16(13)26(20(25)28)11-17-23-18(24-29-17)12-7-8-14(21)15(22)10-12/h2-8,10H,1,9,11H2. The molecule has 0 unspecified atom stereocenters. The number of fused-ring (bicyclic) bond motifs is 1. The van der Waals surface area contributed by atoms with Crippen molar-refractivity contribution in [1.82, 2.24) is 19.3 Å². The van der Waals surface area contributed by atoms with Gasteiger partial charge in [-0.3, -0.25) is 13.9 Å². The highest BCUT2D eigenvalue weighted by molar-refractivity contribution is 6.30. The molecule has 4 aromatic rings. The fourth-order valence-electron chi connectivity index (χ4n) is 3.02. The van der Waals surface area contributed by atoms with Gasteiger partial charge in [-0.1, -0.05) is 35.0 Å². The number of benzene rings is 2. The molecule has 2 aromatic heterocycles. The molecular formula is C20H14ClFN4O3. The zero-order valence-corrected chi connectivity index (χ0v) is 15.8. The maximum absolute atomic E-state index is 13.7. The molecule has 0 N–H and O–H groups in total. The molecule has 0 bridgehead atoms. The van der Waals surface area contributed by atoms with Gasteiger partial charge < -0.3 is 4.52 Å². The van der Waals surface area contributed by atoms with Crippen LogP contribution in [0.1, 0.15) is 5.89 Å². The van der Waals surface area contributed by atoms with Gasteiger partial charge in [0, 0.05) is 12.1 Å². The summed E-state index contributed by atoms with van der Waals surface area (Å²) in [4.78, 5) is 29.7. The molecule has 146 valence electrons. The first-order valence-corrected chi connectivity index (χ1v) is 8.98. The van der Waals surface area contributed by atoms with Crippen molar-refractivity contribution in [2.45, 2.75) is 13.1 Å². The van der Waals surface area contributed by atoms with Crippen molar-refractivity contribution in [3.05, 3.63) is 92.7 Å². The van der Waals surface area contributed by atoms with Crippen LogP contribution >= 0.6 is 11.6 Å². The van der Waals surface area contributed by atoms with E-state index in [9.17, 15) is 14.0 Å². The van der Waals surface area contributed by atoms with Crippen LogP contribution in [0.4, 0.5) is 4.39 Å². The van der Waals surface area contributed by atoms with Crippen LogP contribution < -0.4 is 11.2 Å². The number of nitrogens with zero attached hydrogens (tertiary/aromatic N) is 4. The molecule has 4 rings (SSSR count). The van der Waals surface area contributed by atoms with Crippen molar-refractivity contribution < 1.29 is 8.91 Å². The number of rotatable bonds is 5. The van der Waals surface area contributed by atoms with Crippen LogP contribution in [0.3, 0.4) is 0 Å². The molecule has 0 amide bonds. The molecule has 29 heavy (non-hydrogen) atoms. The molecule has 0 fully saturated rings. The molecule has 0 aliphatic carbocycles. The number of hydrogen-bond donors (Lipinski definition) is 0. The van der Waals surface area contributed by atoms with Gasteiger partial charge in [-0.25, -0.2) is 9.18 Å². The van der Waals surface area contributed by atoms with E-state index in [2.05, 4.69) is 16.7 Å². The van der Waals surface area contributed by atoms with Crippen LogP contribution in [-0.4, -0.2) is 19.3 Å². The third kappa shape index (κ3) is 3.38. The Morgan fingerprint density at radius 1 is 1.17 bits per heavy atom. The van der Waals surface area contributed by atoms with Gasteiger partial charge in [0.15, 0.2) is 0 Å². The van der Waals surface area contributed by atoms with Gasteiger partial charge in [0.25, 0.3) is 5.56 Å². The Bertz CT molecular complexity index is 1360. The minimum Gasteiger partial charge on any atom is -0.337 e. The van der Waals surface area contributed by atoms with Gasteiger partial charge in [-0.15, -0.1) is 6.58 Å². The lowest BCUT2D eigenvalue weighted by Crippen LogP contribution is -2.40. The Hall–Kier alpha value is -3.52. The molecule has 0 spiro atoms. The van der Waals surface area contributed by atoms with Crippen molar-refractivity contribution in [3.8, 4) is 11.4 Å². The van der Waals surface area contributed by atoms with E-state index in [0.29, 0.717) is 16.5 Å². The Morgan fingerprint density at radius 3 is 2.72 bits per heavy atom. The van der Waals surface area contributed by atoms with Crippen LogP contribution in [0.15, 0.2) is 69.2 Å². The molecular weight excluding hydrogens is 399 g/mol. The van der Waals surface area contributed by atoms with Crippen molar-refractivity contribution in [3.63, 3.8) is 0 Å². The summed E-state index contributed by atoms with van der Waals surface area (Å²) < 4.78 is 21.4. The van der Waals surface area contributed by atoms with Gasteiger partial charge in [-0.05, 0) is 30.3 Å². The van der Waals surface area contributed by atoms with Crippen LogP contribution in [-0.2, 0) is 13.1 Å². The molecule has 0 aliphatic heterocycles. The summed E-state index contributed by atoms with van der Waals surface area (Å²) in [7, 11) is 0. The van der Waals surface area contributed by atoms with E-state index in [-0.39, 0.29) is 29.8 Å². The van der Waals surface area contributed by atoms with Crippen LogP contribution in [0.25, 0.3) is 22.3 Å². The first-order chi connectivity index (χ1) is 14.0. The van der Waals surface area contributed by atoms with Crippen molar-refractivity contribution >= 4 is 22.5 Å². The largest absolute Gasteiger partial charge is 0.337 e. The Morgan fingerprint density at radius 2 is 1.97 bits per heavy atom. The quantitative estimate of drug-likeness (QED) is 0.470. The second-order valence-electron chi connectivity index (χ2n) is 6.23. The van der Waals surface area contributed by atoms with Crippen molar-refractivity contribution in [2.75, 3.05) is 0 Å². The lowest BCUT2D eigenvalue weighted by atomic mass is 10.2. The summed E-state index contributed by atoms with van der Waals surface area (Å²) >= 11 is 5.69. The van der Waals surface area contributed by atoms with E-state index in [1.165, 1.54) is 22.8 Å². The fourth-order valence-corrected chi connectivity index (χ4v) is 3.14. The molecule has 0 saturated heterocycles. The maximum atomic E-state index is 13.7. The second-order valence-corrected chi connectivity index (χ2v) is 6.64. The summed E-state index contributed by atoms with van der Waals surface area (Å²) in [5.74, 6) is -0.312. The summed E-state index contributed by atoms with van der Waals surface area (Å²) in [6, 6.07) is 10.9. The topological polar surface area (TPSA) is 82.9 Å². The zero-order valence-electron chi connectivity index (χ0n) is 15.0. The molecule has 0 radical (unpaired) electrons. The first kappa shape index (κ1) is 18.8. The van der Waals surface area contributed by atoms with Gasteiger partial charge >= 0.3 is 5.69 Å². The summed E-state index contributed by atoms with van der Waals surface area (Å²) in [6.07, 6.45) is 1.47. The van der Waals surface area contributed by atoms with Crippen LogP contribution in [0.2, 0.25) is 5.02 Å².